The van der Waals surface area contributed by atoms with Crippen LogP contribution in [0.3, 0.4) is 0 Å². The third kappa shape index (κ3) is 2.03. The molecule has 5 heteroatoms. The minimum Gasteiger partial charge on any atom is -0.478 e. The average Bonchev–Trinajstić information content (AvgIpc) is 2.36. The van der Waals surface area contributed by atoms with Gasteiger partial charge in [-0.25, -0.2) is 4.79 Å². The van der Waals surface area contributed by atoms with E-state index in [1.807, 2.05) is 13.8 Å². The monoisotopic (exact) mass is 248 g/mol. The fourth-order valence-electron chi connectivity index (χ4n) is 2.06. The second-order valence-electron chi connectivity index (χ2n) is 4.53. The van der Waals surface area contributed by atoms with Crippen LogP contribution in [0.5, 0.6) is 0 Å². The van der Waals surface area contributed by atoms with Crippen LogP contribution in [0.1, 0.15) is 30.6 Å². The maximum atomic E-state index is 11.9. The van der Waals surface area contributed by atoms with E-state index in [4.69, 9.17) is 5.11 Å². The van der Waals surface area contributed by atoms with E-state index < -0.39 is 5.97 Å². The van der Waals surface area contributed by atoms with Gasteiger partial charge in [-0.15, -0.1) is 0 Å². The van der Waals surface area contributed by atoms with Crippen molar-refractivity contribution in [2.24, 2.45) is 5.92 Å². The summed E-state index contributed by atoms with van der Waals surface area (Å²) in [4.78, 5) is 23.1. The molecule has 1 aliphatic rings. The topological polar surface area (TPSA) is 78.4 Å². The van der Waals surface area contributed by atoms with Crippen LogP contribution in [0.2, 0.25) is 0 Å². The van der Waals surface area contributed by atoms with Crippen molar-refractivity contribution in [3.8, 4) is 0 Å². The minimum absolute atomic E-state index is 0.112. The number of carboxylic acid groups (broad SMARTS) is 1. The van der Waals surface area contributed by atoms with Gasteiger partial charge in [0, 0.05) is 0 Å². The quantitative estimate of drug-likeness (QED) is 0.766. The molecule has 0 spiro atoms. The van der Waals surface area contributed by atoms with Crippen LogP contribution in [-0.4, -0.2) is 23.0 Å². The zero-order valence-electron chi connectivity index (χ0n) is 10.4. The SMILES string of the molecule is CCC(C)C1Nc2c(cccc2C(=O)O)NC1=O. The predicted octanol–water partition coefficient (Wildman–Crippen LogP) is 2.16. The largest absolute Gasteiger partial charge is 0.478 e. The molecule has 18 heavy (non-hydrogen) atoms. The van der Waals surface area contributed by atoms with Gasteiger partial charge in [0.05, 0.1) is 16.9 Å². The Kier molecular flexibility index (Phi) is 3.23. The van der Waals surface area contributed by atoms with E-state index in [-0.39, 0.29) is 23.4 Å². The summed E-state index contributed by atoms with van der Waals surface area (Å²) in [6, 6.07) is 4.45. The van der Waals surface area contributed by atoms with Crippen molar-refractivity contribution in [3.63, 3.8) is 0 Å². The molecule has 1 aromatic carbocycles. The van der Waals surface area contributed by atoms with E-state index >= 15 is 0 Å². The first-order chi connectivity index (χ1) is 8.54. The Morgan fingerprint density at radius 3 is 2.83 bits per heavy atom. The zero-order chi connectivity index (χ0) is 13.3. The molecular weight excluding hydrogens is 232 g/mol. The second-order valence-corrected chi connectivity index (χ2v) is 4.53. The summed E-state index contributed by atoms with van der Waals surface area (Å²) in [7, 11) is 0. The third-order valence-electron chi connectivity index (χ3n) is 3.35. The number of carbonyl (C=O) groups is 2. The van der Waals surface area contributed by atoms with Crippen molar-refractivity contribution in [1.29, 1.82) is 0 Å². The van der Waals surface area contributed by atoms with Crippen LogP contribution in [0.25, 0.3) is 0 Å². The van der Waals surface area contributed by atoms with E-state index in [0.29, 0.717) is 11.4 Å². The molecule has 0 fully saturated rings. The Morgan fingerprint density at radius 2 is 2.22 bits per heavy atom. The van der Waals surface area contributed by atoms with Crippen LogP contribution in [0.15, 0.2) is 18.2 Å². The Labute approximate surface area is 105 Å². The number of rotatable bonds is 3. The van der Waals surface area contributed by atoms with Crippen LogP contribution in [0, 0.1) is 5.92 Å². The molecule has 1 aliphatic heterocycles. The Bertz CT molecular complexity index is 499. The molecule has 3 N–H and O–H groups in total. The highest BCUT2D eigenvalue weighted by Crippen LogP contribution is 2.32. The molecule has 0 aliphatic carbocycles. The van der Waals surface area contributed by atoms with E-state index in [9.17, 15) is 9.59 Å². The number of amides is 1. The number of nitrogens with one attached hydrogen (secondary N) is 2. The lowest BCUT2D eigenvalue weighted by molar-refractivity contribution is -0.118. The highest BCUT2D eigenvalue weighted by molar-refractivity contribution is 6.08. The fraction of sp³-hybridized carbons (Fsp3) is 0.385. The van der Waals surface area contributed by atoms with Gasteiger partial charge in [0.2, 0.25) is 5.91 Å². The summed E-state index contributed by atoms with van der Waals surface area (Å²) in [6.07, 6.45) is 0.843. The number of carboxylic acids is 1. The number of aromatic carboxylic acids is 1. The molecule has 1 heterocycles. The maximum absolute atomic E-state index is 11.9. The van der Waals surface area contributed by atoms with Gasteiger partial charge in [0.25, 0.3) is 0 Å². The lowest BCUT2D eigenvalue weighted by Gasteiger charge is -2.31. The number of anilines is 2. The standard InChI is InChI=1S/C13H16N2O3/c1-3-7(2)10-12(16)14-9-6-4-5-8(13(17)18)11(9)15-10/h4-7,10,15H,3H2,1-2H3,(H,14,16)(H,17,18). The smallest absolute Gasteiger partial charge is 0.337 e. The number of benzene rings is 1. The van der Waals surface area contributed by atoms with Gasteiger partial charge in [-0.05, 0) is 18.1 Å². The molecule has 1 amide bonds. The van der Waals surface area contributed by atoms with Gasteiger partial charge < -0.3 is 15.7 Å². The molecule has 0 aromatic heterocycles. The number of hydrogen-bond donors (Lipinski definition) is 3. The lowest BCUT2D eigenvalue weighted by atomic mass is 9.95. The van der Waals surface area contributed by atoms with Crippen LogP contribution < -0.4 is 10.6 Å². The van der Waals surface area contributed by atoms with Crippen LogP contribution in [-0.2, 0) is 4.79 Å². The molecule has 0 saturated heterocycles. The Hall–Kier alpha value is -2.04. The first-order valence-electron chi connectivity index (χ1n) is 5.98. The van der Waals surface area contributed by atoms with Crippen molar-refractivity contribution in [2.45, 2.75) is 26.3 Å². The molecule has 2 rings (SSSR count). The molecular formula is C13H16N2O3. The molecule has 0 bridgehead atoms. The number of fused-ring (bicyclic) bond motifs is 1. The Balaban J connectivity index is 2.41. The van der Waals surface area contributed by atoms with E-state index in [2.05, 4.69) is 10.6 Å². The predicted molar refractivity (Wildman–Crippen MR) is 68.9 cm³/mol. The zero-order valence-corrected chi connectivity index (χ0v) is 10.4. The Morgan fingerprint density at radius 1 is 1.50 bits per heavy atom. The van der Waals surface area contributed by atoms with Crippen molar-refractivity contribution >= 4 is 23.3 Å². The molecule has 5 nitrogen and oxygen atoms in total. The van der Waals surface area contributed by atoms with E-state index in [0.717, 1.165) is 6.42 Å². The van der Waals surface area contributed by atoms with Gasteiger partial charge in [-0.1, -0.05) is 26.3 Å². The highest BCUT2D eigenvalue weighted by Gasteiger charge is 2.31. The summed E-state index contributed by atoms with van der Waals surface area (Å²) >= 11 is 0. The highest BCUT2D eigenvalue weighted by atomic mass is 16.4. The number of carbonyl (C=O) groups excluding carboxylic acids is 1. The summed E-state index contributed by atoms with van der Waals surface area (Å²) in [5, 5.41) is 14.9. The van der Waals surface area contributed by atoms with Crippen molar-refractivity contribution in [2.75, 3.05) is 10.6 Å². The lowest BCUT2D eigenvalue weighted by Crippen LogP contribution is -2.43. The van der Waals surface area contributed by atoms with E-state index in [1.165, 1.54) is 6.07 Å². The van der Waals surface area contributed by atoms with Gasteiger partial charge in [-0.3, -0.25) is 4.79 Å². The first-order valence-corrected chi connectivity index (χ1v) is 5.98. The molecule has 96 valence electrons. The van der Waals surface area contributed by atoms with Gasteiger partial charge in [-0.2, -0.15) is 0 Å². The summed E-state index contributed by atoms with van der Waals surface area (Å²) in [6.45, 7) is 3.96. The van der Waals surface area contributed by atoms with Gasteiger partial charge in [0.1, 0.15) is 6.04 Å². The summed E-state index contributed by atoms with van der Waals surface area (Å²) in [5.41, 5.74) is 1.20. The van der Waals surface area contributed by atoms with Gasteiger partial charge >= 0.3 is 5.97 Å². The van der Waals surface area contributed by atoms with E-state index in [1.54, 1.807) is 12.1 Å². The average molecular weight is 248 g/mol. The van der Waals surface area contributed by atoms with Crippen LogP contribution >= 0.6 is 0 Å². The molecule has 2 unspecified atom stereocenters. The van der Waals surface area contributed by atoms with Crippen LogP contribution in [0.4, 0.5) is 11.4 Å². The molecule has 1 aromatic rings. The summed E-state index contributed by atoms with van der Waals surface area (Å²) < 4.78 is 0. The summed E-state index contributed by atoms with van der Waals surface area (Å²) in [5.74, 6) is -0.974. The van der Waals surface area contributed by atoms with Crippen molar-refractivity contribution < 1.29 is 14.7 Å². The van der Waals surface area contributed by atoms with Gasteiger partial charge in [0.15, 0.2) is 0 Å². The molecule has 0 saturated carbocycles. The fourth-order valence-corrected chi connectivity index (χ4v) is 2.06. The first kappa shape index (κ1) is 12.4. The normalized spacial score (nSPS) is 19.4. The van der Waals surface area contributed by atoms with Crippen molar-refractivity contribution in [1.82, 2.24) is 0 Å². The maximum Gasteiger partial charge on any atom is 0.337 e. The minimum atomic E-state index is -1.00. The van der Waals surface area contributed by atoms with Crippen molar-refractivity contribution in [3.05, 3.63) is 23.8 Å². The number of hydrogen-bond acceptors (Lipinski definition) is 3. The number of para-hydroxylation sites is 1. The third-order valence-corrected chi connectivity index (χ3v) is 3.35. The molecule has 0 radical (unpaired) electrons. The second kappa shape index (κ2) is 4.68. The molecule has 2 atom stereocenters.